The number of carbonyl (C=O) groups excluding carboxylic acids is 2. The van der Waals surface area contributed by atoms with Crippen LogP contribution in [0.5, 0.6) is 0 Å². The molecule has 128 valence electrons. The molecule has 0 saturated heterocycles. The lowest BCUT2D eigenvalue weighted by atomic mass is 10.1. The van der Waals surface area contributed by atoms with Crippen molar-refractivity contribution in [3.8, 4) is 6.07 Å². The largest absolute Gasteiger partial charge is 0.349 e. The molecule has 1 aliphatic rings. The first kappa shape index (κ1) is 16.6. The maximum atomic E-state index is 12.5. The molecule has 0 bridgehead atoms. The third-order valence-corrected chi connectivity index (χ3v) is 4.08. The average Bonchev–Trinajstić information content (AvgIpc) is 3.27. The van der Waals surface area contributed by atoms with Gasteiger partial charge in [0.25, 0.3) is 11.7 Å². The number of nitrogens with one attached hydrogen (secondary N) is 2. The van der Waals surface area contributed by atoms with E-state index in [1.165, 1.54) is 11.0 Å². The van der Waals surface area contributed by atoms with Crippen LogP contribution in [-0.4, -0.2) is 32.6 Å². The zero-order valence-electron chi connectivity index (χ0n) is 13.6. The van der Waals surface area contributed by atoms with Gasteiger partial charge >= 0.3 is 0 Å². The Morgan fingerprint density at radius 2 is 2.04 bits per heavy atom. The Morgan fingerprint density at radius 1 is 1.28 bits per heavy atom. The van der Waals surface area contributed by atoms with Crippen molar-refractivity contribution in [2.75, 3.05) is 5.32 Å². The third kappa shape index (κ3) is 4.20. The van der Waals surface area contributed by atoms with Crippen molar-refractivity contribution in [1.82, 2.24) is 20.1 Å². The lowest BCUT2D eigenvalue weighted by Gasteiger charge is -2.15. The Kier molecular flexibility index (Phi) is 5.04. The normalized spacial score (nSPS) is 14.0. The van der Waals surface area contributed by atoms with Crippen LogP contribution in [0.25, 0.3) is 0 Å². The summed E-state index contributed by atoms with van der Waals surface area (Å²) in [7, 11) is 0. The highest BCUT2D eigenvalue weighted by Crippen LogP contribution is 2.20. The minimum Gasteiger partial charge on any atom is -0.349 e. The van der Waals surface area contributed by atoms with Crippen molar-refractivity contribution >= 4 is 17.5 Å². The summed E-state index contributed by atoms with van der Waals surface area (Å²) in [6.07, 6.45) is 5.57. The molecule has 2 aromatic rings. The van der Waals surface area contributed by atoms with Crippen molar-refractivity contribution in [2.45, 2.75) is 38.3 Å². The minimum absolute atomic E-state index is 0.00383. The number of benzene rings is 1. The molecule has 1 saturated carbocycles. The zero-order chi connectivity index (χ0) is 17.6. The van der Waals surface area contributed by atoms with Gasteiger partial charge in [-0.15, -0.1) is 5.10 Å². The Balaban J connectivity index is 1.66. The van der Waals surface area contributed by atoms with E-state index < -0.39 is 0 Å². The number of nitrogens with zero attached hydrogens (tertiary/aromatic N) is 4. The maximum absolute atomic E-state index is 12.5. The van der Waals surface area contributed by atoms with Crippen LogP contribution in [0.3, 0.4) is 0 Å². The first-order valence-corrected chi connectivity index (χ1v) is 8.15. The Labute approximate surface area is 144 Å². The van der Waals surface area contributed by atoms with Crippen molar-refractivity contribution in [2.24, 2.45) is 0 Å². The molecule has 1 aliphatic carbocycles. The van der Waals surface area contributed by atoms with Crippen LogP contribution < -0.4 is 10.6 Å². The molecule has 1 aromatic heterocycles. The predicted octanol–water partition coefficient (Wildman–Crippen LogP) is 1.46. The molecule has 0 unspecified atom stereocenters. The van der Waals surface area contributed by atoms with Crippen LogP contribution in [0.2, 0.25) is 0 Å². The smallest absolute Gasteiger partial charge is 0.253 e. The molecule has 2 N–H and O–H groups in total. The van der Waals surface area contributed by atoms with E-state index in [0.717, 1.165) is 25.7 Å². The lowest BCUT2D eigenvalue weighted by Crippen LogP contribution is -2.33. The van der Waals surface area contributed by atoms with Crippen LogP contribution in [0.15, 0.2) is 30.6 Å². The van der Waals surface area contributed by atoms with E-state index in [-0.39, 0.29) is 30.2 Å². The standard InChI is InChI=1S/C17H18N6O2/c18-9-15-19-11-23(22-15)10-16(24)21-14-8-4-3-7-13(14)17(25)20-12-5-1-2-6-12/h3-4,7-8,11-12H,1-2,5-6,10H2,(H,20,25)(H,21,24). The molecule has 0 atom stereocenters. The molecule has 2 amide bonds. The molecule has 1 fully saturated rings. The van der Waals surface area contributed by atoms with E-state index in [4.69, 9.17) is 5.26 Å². The highest BCUT2D eigenvalue weighted by atomic mass is 16.2. The van der Waals surface area contributed by atoms with Gasteiger partial charge in [0.1, 0.15) is 18.9 Å². The molecular weight excluding hydrogens is 320 g/mol. The molecule has 8 heteroatoms. The summed E-state index contributed by atoms with van der Waals surface area (Å²) in [5, 5.41) is 18.3. The number of anilines is 1. The molecule has 0 aliphatic heterocycles. The van der Waals surface area contributed by atoms with Crippen molar-refractivity contribution in [1.29, 1.82) is 5.26 Å². The first-order chi connectivity index (χ1) is 12.2. The van der Waals surface area contributed by atoms with Gasteiger partial charge < -0.3 is 10.6 Å². The van der Waals surface area contributed by atoms with Gasteiger partial charge in [-0.1, -0.05) is 25.0 Å². The van der Waals surface area contributed by atoms with Gasteiger partial charge in [0.2, 0.25) is 5.91 Å². The second kappa shape index (κ2) is 7.57. The van der Waals surface area contributed by atoms with Crippen LogP contribution in [0, 0.1) is 11.3 Å². The average molecular weight is 338 g/mol. The van der Waals surface area contributed by atoms with Crippen molar-refractivity contribution in [3.05, 3.63) is 42.0 Å². The van der Waals surface area contributed by atoms with Gasteiger partial charge in [0.05, 0.1) is 11.3 Å². The molecular formula is C17H18N6O2. The summed E-state index contributed by atoms with van der Waals surface area (Å²) < 4.78 is 1.27. The fourth-order valence-electron chi connectivity index (χ4n) is 2.88. The zero-order valence-corrected chi connectivity index (χ0v) is 13.6. The molecule has 3 rings (SSSR count). The molecule has 1 heterocycles. The van der Waals surface area contributed by atoms with Crippen LogP contribution >= 0.6 is 0 Å². The third-order valence-electron chi connectivity index (χ3n) is 4.08. The predicted molar refractivity (Wildman–Crippen MR) is 89.5 cm³/mol. The number of nitriles is 1. The molecule has 25 heavy (non-hydrogen) atoms. The van der Waals surface area contributed by atoms with Crippen molar-refractivity contribution < 1.29 is 9.59 Å². The van der Waals surface area contributed by atoms with Crippen LogP contribution in [0.4, 0.5) is 5.69 Å². The van der Waals surface area contributed by atoms with Crippen LogP contribution in [-0.2, 0) is 11.3 Å². The fraction of sp³-hybridized carbons (Fsp3) is 0.353. The summed E-state index contributed by atoms with van der Waals surface area (Å²) in [5.74, 6) is -0.532. The monoisotopic (exact) mass is 338 g/mol. The summed E-state index contributed by atoms with van der Waals surface area (Å²) in [6.45, 7) is -0.0900. The highest BCUT2D eigenvalue weighted by Gasteiger charge is 2.20. The molecule has 8 nitrogen and oxygen atoms in total. The van der Waals surface area contributed by atoms with Gasteiger partial charge in [-0.3, -0.25) is 9.59 Å². The van der Waals surface area contributed by atoms with E-state index >= 15 is 0 Å². The summed E-state index contributed by atoms with van der Waals surface area (Å²) in [5.41, 5.74) is 0.877. The van der Waals surface area contributed by atoms with Crippen LogP contribution in [0.1, 0.15) is 41.9 Å². The van der Waals surface area contributed by atoms with Gasteiger partial charge in [-0.2, -0.15) is 5.26 Å². The van der Waals surface area contributed by atoms with Gasteiger partial charge in [0, 0.05) is 6.04 Å². The Morgan fingerprint density at radius 3 is 2.76 bits per heavy atom. The number of amides is 2. The van der Waals surface area contributed by atoms with E-state index in [1.54, 1.807) is 30.3 Å². The summed E-state index contributed by atoms with van der Waals surface area (Å²) >= 11 is 0. The topological polar surface area (TPSA) is 113 Å². The number of carbonyl (C=O) groups is 2. The van der Waals surface area contributed by atoms with Gasteiger partial charge in [-0.25, -0.2) is 9.67 Å². The molecule has 0 spiro atoms. The molecule has 1 aromatic carbocycles. The van der Waals surface area contributed by atoms with Gasteiger partial charge in [-0.05, 0) is 25.0 Å². The van der Waals surface area contributed by atoms with E-state index in [0.29, 0.717) is 11.3 Å². The number of hydrogen-bond acceptors (Lipinski definition) is 5. The van der Waals surface area contributed by atoms with Crippen molar-refractivity contribution in [3.63, 3.8) is 0 Å². The Hall–Kier alpha value is -3.21. The lowest BCUT2D eigenvalue weighted by molar-refractivity contribution is -0.116. The number of aromatic nitrogens is 3. The Bertz CT molecular complexity index is 817. The first-order valence-electron chi connectivity index (χ1n) is 8.15. The quantitative estimate of drug-likeness (QED) is 0.857. The summed E-state index contributed by atoms with van der Waals surface area (Å²) in [4.78, 5) is 28.4. The summed E-state index contributed by atoms with van der Waals surface area (Å²) in [6, 6.07) is 8.89. The van der Waals surface area contributed by atoms with Gasteiger partial charge in [0.15, 0.2) is 0 Å². The van der Waals surface area contributed by atoms with E-state index in [9.17, 15) is 9.59 Å². The van der Waals surface area contributed by atoms with E-state index in [2.05, 4.69) is 20.7 Å². The number of hydrogen-bond donors (Lipinski definition) is 2. The second-order valence-corrected chi connectivity index (χ2v) is 5.93. The molecule has 0 radical (unpaired) electrons. The SMILES string of the molecule is N#Cc1ncn(CC(=O)Nc2ccccc2C(=O)NC2CCCC2)n1. The fourth-order valence-corrected chi connectivity index (χ4v) is 2.88. The highest BCUT2D eigenvalue weighted by molar-refractivity contribution is 6.03. The second-order valence-electron chi connectivity index (χ2n) is 5.93. The minimum atomic E-state index is -0.351. The number of para-hydroxylation sites is 1. The maximum Gasteiger partial charge on any atom is 0.253 e. The van der Waals surface area contributed by atoms with E-state index in [1.807, 2.05) is 0 Å². The number of rotatable bonds is 5.